The van der Waals surface area contributed by atoms with Gasteiger partial charge >= 0.3 is 6.09 Å². The highest BCUT2D eigenvalue weighted by atomic mass is 16.6. The van der Waals surface area contributed by atoms with Crippen molar-refractivity contribution in [2.75, 3.05) is 38.1 Å². The Hall–Kier alpha value is -4.15. The molecule has 1 aromatic carbocycles. The fourth-order valence-electron chi connectivity index (χ4n) is 3.81. The van der Waals surface area contributed by atoms with Gasteiger partial charge in [0.15, 0.2) is 11.5 Å². The number of nitrogens with zero attached hydrogens (tertiary/aromatic N) is 5. The fraction of sp³-hybridized carbons (Fsp3) is 0.375. The molecule has 4 rings (SSSR count). The average Bonchev–Trinajstić information content (AvgIpc) is 3.51. The lowest BCUT2D eigenvalue weighted by Crippen LogP contribution is -2.52. The van der Waals surface area contributed by atoms with Crippen molar-refractivity contribution in [1.29, 1.82) is 0 Å². The van der Waals surface area contributed by atoms with Crippen LogP contribution in [0.5, 0.6) is 0 Å². The molecule has 0 aliphatic carbocycles. The number of nitrogens with one attached hydrogen (secondary N) is 1. The minimum absolute atomic E-state index is 0.113. The van der Waals surface area contributed by atoms with E-state index in [4.69, 9.17) is 9.26 Å². The smallest absolute Gasteiger partial charge is 0.409 e. The zero-order valence-electron chi connectivity index (χ0n) is 19.9. The Labute approximate surface area is 202 Å². The average molecular weight is 481 g/mol. The van der Waals surface area contributed by atoms with Crippen molar-refractivity contribution in [3.05, 3.63) is 54.0 Å². The summed E-state index contributed by atoms with van der Waals surface area (Å²) in [7, 11) is 0. The lowest BCUT2D eigenvalue weighted by molar-refractivity contribution is -0.136. The lowest BCUT2D eigenvalue weighted by atomic mass is 10.1. The number of amides is 3. The van der Waals surface area contributed by atoms with Crippen molar-refractivity contribution in [2.45, 2.75) is 26.8 Å². The molecule has 1 atom stereocenters. The molecule has 35 heavy (non-hydrogen) atoms. The van der Waals surface area contributed by atoms with Crippen molar-refractivity contribution in [2.24, 2.45) is 0 Å². The third-order valence-corrected chi connectivity index (χ3v) is 5.84. The molecule has 11 nitrogen and oxygen atoms in total. The molecule has 1 N–H and O–H groups in total. The number of ether oxygens (including phenoxy) is 1. The van der Waals surface area contributed by atoms with Crippen LogP contribution < -0.4 is 5.32 Å². The van der Waals surface area contributed by atoms with Crippen molar-refractivity contribution in [3.8, 4) is 11.3 Å². The number of benzene rings is 1. The summed E-state index contributed by atoms with van der Waals surface area (Å²) in [6.07, 6.45) is 1.27. The minimum Gasteiger partial charge on any atom is -0.450 e. The normalized spacial score (nSPS) is 14.5. The van der Waals surface area contributed by atoms with Gasteiger partial charge in [-0.2, -0.15) is 5.10 Å². The fourth-order valence-corrected chi connectivity index (χ4v) is 3.81. The first-order chi connectivity index (χ1) is 16.9. The van der Waals surface area contributed by atoms with E-state index in [-0.39, 0.29) is 17.7 Å². The van der Waals surface area contributed by atoms with Crippen molar-refractivity contribution >= 4 is 23.6 Å². The molecule has 1 fully saturated rings. The van der Waals surface area contributed by atoms with Gasteiger partial charge in [0.1, 0.15) is 6.04 Å². The first-order valence-corrected chi connectivity index (χ1v) is 11.5. The molecular weight excluding hydrogens is 452 g/mol. The zero-order valence-corrected chi connectivity index (χ0v) is 19.9. The second kappa shape index (κ2) is 10.4. The maximum atomic E-state index is 13.0. The first kappa shape index (κ1) is 24.0. The number of piperazine rings is 1. The van der Waals surface area contributed by atoms with E-state index in [0.717, 1.165) is 5.56 Å². The zero-order chi connectivity index (χ0) is 24.9. The minimum atomic E-state index is -0.578. The number of hydrogen-bond acceptors (Lipinski definition) is 7. The molecule has 0 saturated carbocycles. The van der Waals surface area contributed by atoms with E-state index in [2.05, 4.69) is 15.6 Å². The SMILES string of the molecule is CCOC(=O)N1CCN(C(=O)C(C)n2cc(NC(=O)c3cc(-c4ccccc4)on3)c(C)n2)CC1. The highest BCUT2D eigenvalue weighted by molar-refractivity contribution is 6.03. The van der Waals surface area contributed by atoms with E-state index >= 15 is 0 Å². The van der Waals surface area contributed by atoms with Crippen molar-refractivity contribution in [3.63, 3.8) is 0 Å². The highest BCUT2D eigenvalue weighted by Crippen LogP contribution is 2.22. The predicted molar refractivity (Wildman–Crippen MR) is 127 cm³/mol. The number of carbonyl (C=O) groups excluding carboxylic acids is 3. The summed E-state index contributed by atoms with van der Waals surface area (Å²) >= 11 is 0. The molecule has 0 bridgehead atoms. The molecule has 0 radical (unpaired) electrons. The van der Waals surface area contributed by atoms with Gasteiger partial charge in [-0.1, -0.05) is 35.5 Å². The monoisotopic (exact) mass is 480 g/mol. The molecule has 1 saturated heterocycles. The summed E-state index contributed by atoms with van der Waals surface area (Å²) in [5.74, 6) is -0.0593. The van der Waals surface area contributed by atoms with E-state index in [1.54, 1.807) is 42.8 Å². The van der Waals surface area contributed by atoms with Gasteiger partial charge in [-0.05, 0) is 20.8 Å². The highest BCUT2D eigenvalue weighted by Gasteiger charge is 2.29. The van der Waals surface area contributed by atoms with Gasteiger partial charge in [0.05, 0.1) is 18.0 Å². The van der Waals surface area contributed by atoms with Crippen LogP contribution in [0.1, 0.15) is 36.1 Å². The second-order valence-electron chi connectivity index (χ2n) is 8.19. The summed E-state index contributed by atoms with van der Waals surface area (Å²) < 4.78 is 11.9. The van der Waals surface area contributed by atoms with Crippen molar-refractivity contribution in [1.82, 2.24) is 24.7 Å². The maximum absolute atomic E-state index is 13.0. The topological polar surface area (TPSA) is 123 Å². The molecule has 0 spiro atoms. The molecule has 11 heteroatoms. The number of hydrogen-bond donors (Lipinski definition) is 1. The summed E-state index contributed by atoms with van der Waals surface area (Å²) in [6.45, 7) is 7.25. The Kier molecular flexibility index (Phi) is 7.14. The van der Waals surface area contributed by atoms with E-state index in [0.29, 0.717) is 49.9 Å². The van der Waals surface area contributed by atoms with Gasteiger partial charge in [-0.3, -0.25) is 14.3 Å². The van der Waals surface area contributed by atoms with Gasteiger partial charge < -0.3 is 24.4 Å². The van der Waals surface area contributed by atoms with Gasteiger partial charge in [0, 0.05) is 44.0 Å². The third kappa shape index (κ3) is 5.34. The number of anilines is 1. The molecular formula is C24H28N6O5. The largest absolute Gasteiger partial charge is 0.450 e. The van der Waals surface area contributed by atoms with Crippen LogP contribution in [0.2, 0.25) is 0 Å². The molecule has 3 amide bonds. The third-order valence-electron chi connectivity index (χ3n) is 5.84. The summed E-state index contributed by atoms with van der Waals surface area (Å²) in [5.41, 5.74) is 2.00. The molecule has 1 aliphatic heterocycles. The Morgan fingerprint density at radius 2 is 1.80 bits per heavy atom. The van der Waals surface area contributed by atoms with E-state index in [1.807, 2.05) is 30.3 Å². The van der Waals surface area contributed by atoms with Gasteiger partial charge in [0.25, 0.3) is 5.91 Å². The lowest BCUT2D eigenvalue weighted by Gasteiger charge is -2.35. The van der Waals surface area contributed by atoms with Crippen LogP contribution >= 0.6 is 0 Å². The number of aromatic nitrogens is 3. The quantitative estimate of drug-likeness (QED) is 0.575. The number of aryl methyl sites for hydroxylation is 1. The van der Waals surface area contributed by atoms with E-state index in [9.17, 15) is 14.4 Å². The standard InChI is InChI=1S/C24H28N6O5/c1-4-34-24(33)29-12-10-28(11-13-29)23(32)17(3)30-15-20(16(2)26-30)25-22(31)19-14-21(35-27-19)18-8-6-5-7-9-18/h5-9,14-15,17H,4,10-13H2,1-3H3,(H,25,31). The Balaban J connectivity index is 1.37. The summed E-state index contributed by atoms with van der Waals surface area (Å²) in [5, 5.41) is 11.1. The molecule has 3 heterocycles. The second-order valence-corrected chi connectivity index (χ2v) is 8.19. The molecule has 1 aliphatic rings. The molecule has 3 aromatic rings. The number of rotatable bonds is 6. The van der Waals surface area contributed by atoms with Crippen LogP contribution in [0.25, 0.3) is 11.3 Å². The van der Waals surface area contributed by atoms with E-state index in [1.165, 1.54) is 4.68 Å². The van der Waals surface area contributed by atoms with Crippen LogP contribution in [0.3, 0.4) is 0 Å². The Bertz CT molecular complexity index is 1200. The molecule has 184 valence electrons. The summed E-state index contributed by atoms with van der Waals surface area (Å²) in [6, 6.07) is 10.4. The molecule has 2 aromatic heterocycles. The van der Waals surface area contributed by atoms with Crippen molar-refractivity contribution < 1.29 is 23.6 Å². The first-order valence-electron chi connectivity index (χ1n) is 11.5. The van der Waals surface area contributed by atoms with Crippen LogP contribution in [0.15, 0.2) is 47.1 Å². The Morgan fingerprint density at radius 1 is 1.11 bits per heavy atom. The van der Waals surface area contributed by atoms with Crippen LogP contribution in [-0.2, 0) is 9.53 Å². The number of carbonyl (C=O) groups is 3. The predicted octanol–water partition coefficient (Wildman–Crippen LogP) is 2.96. The molecule has 1 unspecified atom stereocenters. The van der Waals surface area contributed by atoms with Gasteiger partial charge in [-0.15, -0.1) is 0 Å². The van der Waals surface area contributed by atoms with Crippen LogP contribution in [-0.4, -0.2) is 75.4 Å². The summed E-state index contributed by atoms with van der Waals surface area (Å²) in [4.78, 5) is 40.9. The van der Waals surface area contributed by atoms with E-state index < -0.39 is 11.9 Å². The van der Waals surface area contributed by atoms with Gasteiger partial charge in [-0.25, -0.2) is 4.79 Å². The van der Waals surface area contributed by atoms with Crippen LogP contribution in [0, 0.1) is 6.92 Å². The maximum Gasteiger partial charge on any atom is 0.409 e. The van der Waals surface area contributed by atoms with Gasteiger partial charge in [0.2, 0.25) is 5.91 Å². The van der Waals surface area contributed by atoms with Crippen LogP contribution in [0.4, 0.5) is 10.5 Å². The Morgan fingerprint density at radius 3 is 2.49 bits per heavy atom.